The minimum absolute atomic E-state index is 0.0285. The van der Waals surface area contributed by atoms with E-state index in [-0.39, 0.29) is 17.4 Å². The molecule has 1 aliphatic heterocycles. The molecule has 6 nitrogen and oxygen atoms in total. The van der Waals surface area contributed by atoms with Crippen molar-refractivity contribution in [3.63, 3.8) is 0 Å². The third kappa shape index (κ3) is 4.47. The van der Waals surface area contributed by atoms with Crippen LogP contribution in [0.4, 0.5) is 5.13 Å². The highest BCUT2D eigenvalue weighted by molar-refractivity contribution is 7.13. The molecule has 1 saturated heterocycles. The Bertz CT molecular complexity index is 767. The number of hydrogen-bond donors (Lipinski definition) is 2. The number of aryl methyl sites for hydroxylation is 1. The van der Waals surface area contributed by atoms with Crippen LogP contribution in [0.15, 0.2) is 35.7 Å². The summed E-state index contributed by atoms with van der Waals surface area (Å²) in [5.74, 6) is -0.0785. The standard InChI is InChI=1S/C19H24N4O2S/c1-14-13-26-18(20-14)21-17(25)12-23-10-8-19(9-11-23,22-15(2)24)16-6-4-3-5-7-16/h3-7,13H,8-12H2,1-2H3,(H,22,24)(H,20,21,25). The molecule has 1 aromatic heterocycles. The molecular weight excluding hydrogens is 348 g/mol. The van der Waals surface area contributed by atoms with Crippen LogP contribution in [0.1, 0.15) is 31.0 Å². The molecule has 26 heavy (non-hydrogen) atoms. The summed E-state index contributed by atoms with van der Waals surface area (Å²) in [7, 11) is 0. The van der Waals surface area contributed by atoms with Gasteiger partial charge >= 0.3 is 0 Å². The number of rotatable bonds is 5. The number of nitrogens with zero attached hydrogens (tertiary/aromatic N) is 2. The molecule has 0 bridgehead atoms. The van der Waals surface area contributed by atoms with E-state index in [9.17, 15) is 9.59 Å². The molecule has 0 aliphatic carbocycles. The van der Waals surface area contributed by atoms with Gasteiger partial charge in [-0.25, -0.2) is 4.98 Å². The fourth-order valence-electron chi connectivity index (χ4n) is 3.45. The Balaban J connectivity index is 1.61. The van der Waals surface area contributed by atoms with Crippen molar-refractivity contribution in [3.05, 3.63) is 47.0 Å². The topological polar surface area (TPSA) is 74.3 Å². The summed E-state index contributed by atoms with van der Waals surface area (Å²) in [6, 6.07) is 10.1. The molecule has 0 unspecified atom stereocenters. The van der Waals surface area contributed by atoms with Gasteiger partial charge in [-0.3, -0.25) is 14.5 Å². The molecule has 2 N–H and O–H groups in total. The predicted molar refractivity (Wildman–Crippen MR) is 103 cm³/mol. The van der Waals surface area contributed by atoms with Gasteiger partial charge in [-0.1, -0.05) is 30.3 Å². The van der Waals surface area contributed by atoms with E-state index < -0.39 is 0 Å². The van der Waals surface area contributed by atoms with Crippen molar-refractivity contribution in [1.82, 2.24) is 15.2 Å². The Morgan fingerprint density at radius 1 is 1.23 bits per heavy atom. The molecule has 1 aliphatic rings. The molecule has 0 spiro atoms. The van der Waals surface area contributed by atoms with Crippen LogP contribution in [0.5, 0.6) is 0 Å². The molecule has 0 atom stereocenters. The van der Waals surface area contributed by atoms with Gasteiger partial charge in [-0.15, -0.1) is 11.3 Å². The molecule has 3 rings (SSSR count). The summed E-state index contributed by atoms with van der Waals surface area (Å²) in [4.78, 5) is 30.4. The molecular formula is C19H24N4O2S. The summed E-state index contributed by atoms with van der Waals surface area (Å²) in [6.45, 7) is 5.30. The zero-order chi connectivity index (χ0) is 18.6. The van der Waals surface area contributed by atoms with Crippen LogP contribution in [-0.2, 0) is 15.1 Å². The first-order valence-electron chi connectivity index (χ1n) is 8.75. The van der Waals surface area contributed by atoms with Gasteiger partial charge in [0.25, 0.3) is 0 Å². The van der Waals surface area contributed by atoms with E-state index >= 15 is 0 Å². The predicted octanol–water partition coefficient (Wildman–Crippen LogP) is 2.52. The first-order valence-corrected chi connectivity index (χ1v) is 9.63. The van der Waals surface area contributed by atoms with Crippen molar-refractivity contribution in [1.29, 1.82) is 0 Å². The summed E-state index contributed by atoms with van der Waals surface area (Å²) in [5, 5.41) is 8.56. The monoisotopic (exact) mass is 372 g/mol. The zero-order valence-corrected chi connectivity index (χ0v) is 15.9. The summed E-state index contributed by atoms with van der Waals surface area (Å²) >= 11 is 1.43. The molecule has 7 heteroatoms. The number of carbonyl (C=O) groups is 2. The number of likely N-dealkylation sites (tertiary alicyclic amines) is 1. The molecule has 0 saturated carbocycles. The fourth-order valence-corrected chi connectivity index (χ4v) is 4.15. The number of piperidine rings is 1. The van der Waals surface area contributed by atoms with E-state index in [0.717, 1.165) is 37.2 Å². The van der Waals surface area contributed by atoms with Crippen LogP contribution >= 0.6 is 11.3 Å². The Morgan fingerprint density at radius 2 is 1.92 bits per heavy atom. The highest BCUT2D eigenvalue weighted by Crippen LogP contribution is 2.33. The Labute approximate surface area is 157 Å². The van der Waals surface area contributed by atoms with Gasteiger partial charge in [-0.05, 0) is 25.3 Å². The Morgan fingerprint density at radius 3 is 2.50 bits per heavy atom. The largest absolute Gasteiger partial charge is 0.347 e. The number of nitrogens with one attached hydrogen (secondary N) is 2. The van der Waals surface area contributed by atoms with Crippen LogP contribution in [0.2, 0.25) is 0 Å². The van der Waals surface area contributed by atoms with E-state index in [0.29, 0.717) is 11.7 Å². The van der Waals surface area contributed by atoms with Gasteiger partial charge in [-0.2, -0.15) is 0 Å². The minimum atomic E-state index is -0.355. The molecule has 138 valence electrons. The number of anilines is 1. The number of benzene rings is 1. The van der Waals surface area contributed by atoms with Gasteiger partial charge < -0.3 is 10.6 Å². The maximum Gasteiger partial charge on any atom is 0.240 e. The molecule has 2 heterocycles. The van der Waals surface area contributed by atoms with Crippen molar-refractivity contribution in [2.45, 2.75) is 32.2 Å². The van der Waals surface area contributed by atoms with E-state index in [1.54, 1.807) is 6.92 Å². The smallest absolute Gasteiger partial charge is 0.240 e. The number of hydrogen-bond acceptors (Lipinski definition) is 5. The van der Waals surface area contributed by atoms with Crippen LogP contribution in [-0.4, -0.2) is 41.3 Å². The zero-order valence-electron chi connectivity index (χ0n) is 15.1. The SMILES string of the molecule is CC(=O)NC1(c2ccccc2)CCN(CC(=O)Nc2nc(C)cs2)CC1. The van der Waals surface area contributed by atoms with Crippen molar-refractivity contribution in [3.8, 4) is 0 Å². The number of thiazole rings is 1. The van der Waals surface area contributed by atoms with Crippen LogP contribution in [0.25, 0.3) is 0 Å². The highest BCUT2D eigenvalue weighted by atomic mass is 32.1. The third-order valence-corrected chi connectivity index (χ3v) is 5.56. The highest BCUT2D eigenvalue weighted by Gasteiger charge is 2.37. The lowest BCUT2D eigenvalue weighted by molar-refractivity contribution is -0.122. The lowest BCUT2D eigenvalue weighted by atomic mass is 9.80. The first kappa shape index (κ1) is 18.5. The van der Waals surface area contributed by atoms with Gasteiger partial charge in [0.1, 0.15) is 0 Å². The molecule has 1 aromatic carbocycles. The van der Waals surface area contributed by atoms with E-state index in [1.165, 1.54) is 11.3 Å². The second-order valence-electron chi connectivity index (χ2n) is 6.75. The Hall–Kier alpha value is -2.25. The molecule has 1 fully saturated rings. The Kier molecular flexibility index (Phi) is 5.68. The van der Waals surface area contributed by atoms with E-state index in [4.69, 9.17) is 0 Å². The second-order valence-corrected chi connectivity index (χ2v) is 7.61. The van der Waals surface area contributed by atoms with Crippen LogP contribution in [0.3, 0.4) is 0 Å². The number of aromatic nitrogens is 1. The van der Waals surface area contributed by atoms with Gasteiger partial charge in [0.2, 0.25) is 11.8 Å². The molecule has 0 radical (unpaired) electrons. The van der Waals surface area contributed by atoms with Crippen LogP contribution < -0.4 is 10.6 Å². The van der Waals surface area contributed by atoms with Gasteiger partial charge in [0.15, 0.2) is 5.13 Å². The average Bonchev–Trinajstić information content (AvgIpc) is 3.02. The van der Waals surface area contributed by atoms with Crippen molar-refractivity contribution in [2.75, 3.05) is 25.0 Å². The number of amides is 2. The lowest BCUT2D eigenvalue weighted by Gasteiger charge is -2.42. The van der Waals surface area contributed by atoms with E-state index in [2.05, 4.69) is 32.7 Å². The third-order valence-electron chi connectivity index (χ3n) is 4.68. The van der Waals surface area contributed by atoms with Crippen molar-refractivity contribution < 1.29 is 9.59 Å². The summed E-state index contributed by atoms with van der Waals surface area (Å²) in [5.41, 5.74) is 1.68. The van der Waals surface area contributed by atoms with E-state index in [1.807, 2.05) is 30.5 Å². The molecule has 2 amide bonds. The van der Waals surface area contributed by atoms with Gasteiger partial charge in [0, 0.05) is 25.4 Å². The first-order chi connectivity index (χ1) is 12.5. The maximum absolute atomic E-state index is 12.2. The average molecular weight is 372 g/mol. The van der Waals surface area contributed by atoms with Crippen molar-refractivity contribution in [2.24, 2.45) is 0 Å². The quantitative estimate of drug-likeness (QED) is 0.846. The summed E-state index contributed by atoms with van der Waals surface area (Å²) < 4.78 is 0. The normalized spacial score (nSPS) is 16.8. The fraction of sp³-hybridized carbons (Fsp3) is 0.421. The lowest BCUT2D eigenvalue weighted by Crippen LogP contribution is -2.53. The minimum Gasteiger partial charge on any atom is -0.347 e. The van der Waals surface area contributed by atoms with Crippen molar-refractivity contribution >= 4 is 28.3 Å². The van der Waals surface area contributed by atoms with Gasteiger partial charge in [0.05, 0.1) is 17.8 Å². The molecule has 2 aromatic rings. The second kappa shape index (κ2) is 7.97. The van der Waals surface area contributed by atoms with Crippen LogP contribution in [0, 0.1) is 6.92 Å². The number of carbonyl (C=O) groups excluding carboxylic acids is 2. The maximum atomic E-state index is 12.2. The summed E-state index contributed by atoms with van der Waals surface area (Å²) in [6.07, 6.45) is 1.56.